The Balaban J connectivity index is 1.52. The first-order chi connectivity index (χ1) is 15.3. The number of ether oxygens (including phenoxy) is 1. The van der Waals surface area contributed by atoms with Crippen LogP contribution in [0.3, 0.4) is 0 Å². The van der Waals surface area contributed by atoms with E-state index in [1.165, 1.54) is 22.5 Å². The minimum absolute atomic E-state index is 0.00949. The van der Waals surface area contributed by atoms with E-state index < -0.39 is 15.9 Å². The van der Waals surface area contributed by atoms with Gasteiger partial charge in [0.1, 0.15) is 0 Å². The van der Waals surface area contributed by atoms with Crippen molar-refractivity contribution in [2.75, 3.05) is 38.2 Å². The number of morpholine rings is 1. The molecule has 0 aromatic heterocycles. The fourth-order valence-electron chi connectivity index (χ4n) is 3.81. The number of halogens is 1. The number of likely N-dealkylation sites (tertiary alicyclic amines) is 1. The number of hydrogen-bond donors (Lipinski definition) is 1. The van der Waals surface area contributed by atoms with E-state index in [2.05, 4.69) is 5.32 Å². The van der Waals surface area contributed by atoms with Crippen LogP contribution < -0.4 is 5.32 Å². The van der Waals surface area contributed by atoms with E-state index in [9.17, 15) is 18.0 Å². The standard InChI is InChI=1S/C22H24ClN3O5S/c23-20-7-6-18(32(29,30)26-9-11-31-12-10-26)14-19(20)22(28)24-17-4-1-3-16(13-17)15-25-8-2-5-21(25)27/h1,3-4,6-7,13-14H,2,5,8-12,15H2,(H,24,28). The Bertz CT molecular complexity index is 1130. The van der Waals surface area contributed by atoms with Gasteiger partial charge >= 0.3 is 0 Å². The van der Waals surface area contributed by atoms with E-state index in [0.717, 1.165) is 18.5 Å². The molecule has 8 nitrogen and oxygen atoms in total. The summed E-state index contributed by atoms with van der Waals surface area (Å²) in [5.41, 5.74) is 1.51. The third-order valence-electron chi connectivity index (χ3n) is 5.52. The van der Waals surface area contributed by atoms with Crippen molar-refractivity contribution in [1.82, 2.24) is 9.21 Å². The minimum atomic E-state index is -3.76. The lowest BCUT2D eigenvalue weighted by Gasteiger charge is -2.26. The SMILES string of the molecule is O=C(Nc1cccc(CN2CCCC2=O)c1)c1cc(S(=O)(=O)N2CCOCC2)ccc1Cl. The molecule has 0 aliphatic carbocycles. The third-order valence-corrected chi connectivity index (χ3v) is 7.74. The van der Waals surface area contributed by atoms with Crippen LogP contribution in [0.2, 0.25) is 5.02 Å². The van der Waals surface area contributed by atoms with Crippen molar-refractivity contribution in [3.63, 3.8) is 0 Å². The molecule has 2 fully saturated rings. The van der Waals surface area contributed by atoms with Gasteiger partial charge in [0.2, 0.25) is 15.9 Å². The number of anilines is 1. The topological polar surface area (TPSA) is 96.0 Å². The summed E-state index contributed by atoms with van der Waals surface area (Å²) in [5, 5.41) is 2.93. The molecule has 2 amide bonds. The summed E-state index contributed by atoms with van der Waals surface area (Å²) in [6.45, 7) is 2.41. The molecule has 2 saturated heterocycles. The smallest absolute Gasteiger partial charge is 0.257 e. The average molecular weight is 478 g/mol. The Hall–Kier alpha value is -2.46. The van der Waals surface area contributed by atoms with Crippen LogP contribution in [0.15, 0.2) is 47.4 Å². The Kier molecular flexibility index (Phi) is 6.80. The van der Waals surface area contributed by atoms with E-state index in [1.807, 2.05) is 6.07 Å². The van der Waals surface area contributed by atoms with Gasteiger partial charge in [-0.3, -0.25) is 9.59 Å². The molecule has 0 radical (unpaired) electrons. The lowest BCUT2D eigenvalue weighted by molar-refractivity contribution is -0.128. The number of amides is 2. The van der Waals surface area contributed by atoms with Crippen LogP contribution in [-0.2, 0) is 26.1 Å². The summed E-state index contributed by atoms with van der Waals surface area (Å²) in [5.74, 6) is -0.382. The maximum absolute atomic E-state index is 12.9. The minimum Gasteiger partial charge on any atom is -0.379 e. The van der Waals surface area contributed by atoms with E-state index in [4.69, 9.17) is 16.3 Å². The van der Waals surface area contributed by atoms with Crippen LogP contribution >= 0.6 is 11.6 Å². The lowest BCUT2D eigenvalue weighted by Crippen LogP contribution is -2.40. The van der Waals surface area contributed by atoms with Crippen molar-refractivity contribution < 1.29 is 22.7 Å². The first-order valence-electron chi connectivity index (χ1n) is 10.4. The highest BCUT2D eigenvalue weighted by molar-refractivity contribution is 7.89. The first kappa shape index (κ1) is 22.7. The maximum Gasteiger partial charge on any atom is 0.257 e. The number of nitrogens with zero attached hydrogens (tertiary/aromatic N) is 2. The van der Waals surface area contributed by atoms with Crippen LogP contribution in [0.4, 0.5) is 5.69 Å². The quantitative estimate of drug-likeness (QED) is 0.690. The van der Waals surface area contributed by atoms with Crippen LogP contribution in [0, 0.1) is 0 Å². The summed E-state index contributed by atoms with van der Waals surface area (Å²) in [4.78, 5) is 26.6. The number of sulfonamides is 1. The normalized spacial score (nSPS) is 17.5. The maximum atomic E-state index is 12.9. The number of benzene rings is 2. The van der Waals surface area contributed by atoms with Gasteiger partial charge in [-0.25, -0.2) is 8.42 Å². The molecule has 2 aromatic carbocycles. The van der Waals surface area contributed by atoms with Gasteiger partial charge in [-0.05, 0) is 42.3 Å². The lowest BCUT2D eigenvalue weighted by atomic mass is 10.1. The second-order valence-electron chi connectivity index (χ2n) is 7.73. The van der Waals surface area contributed by atoms with Crippen LogP contribution in [0.25, 0.3) is 0 Å². The monoisotopic (exact) mass is 477 g/mol. The highest BCUT2D eigenvalue weighted by Crippen LogP contribution is 2.25. The zero-order valence-electron chi connectivity index (χ0n) is 17.4. The molecule has 0 unspecified atom stereocenters. The molecule has 4 rings (SSSR count). The molecule has 2 aromatic rings. The van der Waals surface area contributed by atoms with Gasteiger partial charge in [-0.15, -0.1) is 0 Å². The van der Waals surface area contributed by atoms with Gasteiger partial charge in [-0.1, -0.05) is 23.7 Å². The summed E-state index contributed by atoms with van der Waals surface area (Å²) < 4.78 is 32.4. The Morgan fingerprint density at radius 2 is 1.88 bits per heavy atom. The van der Waals surface area contributed by atoms with Gasteiger partial charge in [0.05, 0.1) is 28.7 Å². The Morgan fingerprint density at radius 3 is 2.59 bits per heavy atom. The van der Waals surface area contributed by atoms with Crippen LogP contribution in [-0.4, -0.2) is 62.3 Å². The van der Waals surface area contributed by atoms with E-state index in [0.29, 0.717) is 31.9 Å². The number of nitrogens with one attached hydrogen (secondary N) is 1. The Labute approximate surface area is 192 Å². The molecular formula is C22H24ClN3O5S. The van der Waals surface area contributed by atoms with E-state index in [1.54, 1.807) is 23.1 Å². The number of carbonyl (C=O) groups excluding carboxylic acids is 2. The molecule has 1 N–H and O–H groups in total. The van der Waals surface area contributed by atoms with Gasteiger partial charge in [0.25, 0.3) is 5.91 Å². The van der Waals surface area contributed by atoms with Gasteiger partial charge in [0, 0.05) is 38.3 Å². The summed E-state index contributed by atoms with van der Waals surface area (Å²) in [6, 6.07) is 11.3. The highest BCUT2D eigenvalue weighted by Gasteiger charge is 2.27. The predicted octanol–water partition coefficient (Wildman–Crippen LogP) is 2.74. The van der Waals surface area contributed by atoms with E-state index >= 15 is 0 Å². The fourth-order valence-corrected chi connectivity index (χ4v) is 5.45. The van der Waals surface area contributed by atoms with Crippen LogP contribution in [0.1, 0.15) is 28.8 Å². The average Bonchev–Trinajstić information content (AvgIpc) is 3.19. The zero-order valence-corrected chi connectivity index (χ0v) is 19.0. The van der Waals surface area contributed by atoms with Crippen molar-refractivity contribution in [2.24, 2.45) is 0 Å². The molecule has 0 bridgehead atoms. The molecular weight excluding hydrogens is 454 g/mol. The van der Waals surface area contributed by atoms with Crippen molar-refractivity contribution in [3.05, 3.63) is 58.6 Å². The molecule has 2 aliphatic rings. The first-order valence-corrected chi connectivity index (χ1v) is 12.2. The third kappa shape index (κ3) is 4.96. The molecule has 10 heteroatoms. The molecule has 0 atom stereocenters. The van der Waals surface area contributed by atoms with Gasteiger partial charge in [0.15, 0.2) is 0 Å². The number of hydrogen-bond acceptors (Lipinski definition) is 5. The summed E-state index contributed by atoms with van der Waals surface area (Å²) in [6.07, 6.45) is 1.43. The van der Waals surface area contributed by atoms with Crippen molar-refractivity contribution in [3.8, 4) is 0 Å². The van der Waals surface area contributed by atoms with Crippen molar-refractivity contribution in [2.45, 2.75) is 24.3 Å². The van der Waals surface area contributed by atoms with Crippen molar-refractivity contribution >= 4 is 39.1 Å². The molecule has 2 aliphatic heterocycles. The van der Waals surface area contributed by atoms with Gasteiger partial charge in [-0.2, -0.15) is 4.31 Å². The van der Waals surface area contributed by atoms with Gasteiger partial charge < -0.3 is 15.0 Å². The number of rotatable bonds is 6. The molecule has 0 spiro atoms. The van der Waals surface area contributed by atoms with Crippen LogP contribution in [0.5, 0.6) is 0 Å². The predicted molar refractivity (Wildman–Crippen MR) is 120 cm³/mol. The van der Waals surface area contributed by atoms with E-state index in [-0.39, 0.29) is 34.5 Å². The summed E-state index contributed by atoms with van der Waals surface area (Å²) >= 11 is 6.22. The largest absolute Gasteiger partial charge is 0.379 e. The van der Waals surface area contributed by atoms with Crippen molar-refractivity contribution in [1.29, 1.82) is 0 Å². The highest BCUT2D eigenvalue weighted by atomic mass is 35.5. The number of carbonyl (C=O) groups is 2. The zero-order chi connectivity index (χ0) is 22.7. The molecule has 2 heterocycles. The summed E-state index contributed by atoms with van der Waals surface area (Å²) in [7, 11) is -3.76. The molecule has 32 heavy (non-hydrogen) atoms. The second-order valence-corrected chi connectivity index (χ2v) is 10.1. The molecule has 0 saturated carbocycles. The fraction of sp³-hybridized carbons (Fsp3) is 0.364. The second kappa shape index (κ2) is 9.58. The Morgan fingerprint density at radius 1 is 1.09 bits per heavy atom. The molecule has 170 valence electrons.